The third kappa shape index (κ3) is 4.87. The van der Waals surface area contributed by atoms with Gasteiger partial charge >= 0.3 is 6.09 Å². The average molecular weight is 407 g/mol. The maximum absolute atomic E-state index is 15.3. The van der Waals surface area contributed by atoms with Crippen molar-refractivity contribution in [3.05, 3.63) is 18.5 Å². The summed E-state index contributed by atoms with van der Waals surface area (Å²) in [5.74, 6) is 1.05. The first-order chi connectivity index (χ1) is 13.6. The number of likely N-dealkylation sites (tertiary alicyclic amines) is 1. The first-order valence-corrected chi connectivity index (χ1v) is 9.23. The summed E-state index contributed by atoms with van der Waals surface area (Å²) < 4.78 is 31.7. The van der Waals surface area contributed by atoms with Crippen LogP contribution in [-0.2, 0) is 4.74 Å². The first kappa shape index (κ1) is 20.7. The van der Waals surface area contributed by atoms with Crippen LogP contribution in [0.3, 0.4) is 0 Å². The van der Waals surface area contributed by atoms with Crippen LogP contribution in [0.15, 0.2) is 18.5 Å². The quantitative estimate of drug-likeness (QED) is 0.783. The standard InChI is InChI=1S/C19H26FN5O4/c1-18(2,3)29-17(26)25-6-5-19(20,10-25)11-28-14-9-22-8-13(27-4)16(14)12-7-15(21)24-23-12/h7-9H,5-6,10-11H2,1-4H3,(H3,21,23,24)/t19-/m0/s1. The van der Waals surface area contributed by atoms with Gasteiger partial charge in [0.05, 0.1) is 37.3 Å². The molecular formula is C19H26FN5O4. The highest BCUT2D eigenvalue weighted by Gasteiger charge is 2.42. The van der Waals surface area contributed by atoms with E-state index in [1.807, 2.05) is 0 Å². The molecule has 3 rings (SSSR count). The summed E-state index contributed by atoms with van der Waals surface area (Å²) in [7, 11) is 1.50. The number of halogens is 1. The van der Waals surface area contributed by atoms with E-state index in [1.165, 1.54) is 24.4 Å². The van der Waals surface area contributed by atoms with Gasteiger partial charge in [0.2, 0.25) is 0 Å². The molecule has 29 heavy (non-hydrogen) atoms. The van der Waals surface area contributed by atoms with Gasteiger partial charge in [-0.15, -0.1) is 0 Å². The summed E-state index contributed by atoms with van der Waals surface area (Å²) in [4.78, 5) is 17.6. The van der Waals surface area contributed by atoms with Crippen molar-refractivity contribution in [1.82, 2.24) is 20.1 Å². The number of amides is 1. The van der Waals surface area contributed by atoms with Crippen LogP contribution in [0.5, 0.6) is 11.5 Å². The lowest BCUT2D eigenvalue weighted by atomic mass is 10.1. The number of nitrogens with one attached hydrogen (secondary N) is 1. The zero-order valence-electron chi connectivity index (χ0n) is 17.0. The molecule has 1 amide bonds. The number of alkyl halides is 1. The Morgan fingerprint density at radius 2 is 2.10 bits per heavy atom. The SMILES string of the molecule is COc1cncc(OC[C@]2(F)CCN(C(=O)OC(C)(C)C)C2)c1-c1cc(N)n[nH]1. The van der Waals surface area contributed by atoms with E-state index in [-0.39, 0.29) is 26.1 Å². The zero-order valence-corrected chi connectivity index (χ0v) is 17.0. The number of hydrogen-bond donors (Lipinski definition) is 2. The molecule has 0 radical (unpaired) electrons. The number of methoxy groups -OCH3 is 1. The van der Waals surface area contributed by atoms with E-state index in [0.29, 0.717) is 28.6 Å². The van der Waals surface area contributed by atoms with E-state index in [9.17, 15) is 4.79 Å². The monoisotopic (exact) mass is 407 g/mol. The number of aromatic amines is 1. The highest BCUT2D eigenvalue weighted by molar-refractivity contribution is 5.74. The Labute approximate surface area is 168 Å². The third-order valence-corrected chi connectivity index (χ3v) is 4.41. The van der Waals surface area contributed by atoms with E-state index in [1.54, 1.807) is 26.8 Å². The van der Waals surface area contributed by atoms with Crippen LogP contribution in [-0.4, -0.2) is 64.3 Å². The molecule has 3 heterocycles. The van der Waals surface area contributed by atoms with Crippen molar-refractivity contribution in [1.29, 1.82) is 0 Å². The molecule has 9 nitrogen and oxygen atoms in total. The number of carbonyl (C=O) groups excluding carboxylic acids is 1. The van der Waals surface area contributed by atoms with Gasteiger partial charge in [0, 0.05) is 19.0 Å². The predicted molar refractivity (Wildman–Crippen MR) is 105 cm³/mol. The van der Waals surface area contributed by atoms with Crippen LogP contribution < -0.4 is 15.2 Å². The van der Waals surface area contributed by atoms with Crippen molar-refractivity contribution in [2.45, 2.75) is 38.5 Å². The number of H-pyrrole nitrogens is 1. The molecule has 0 saturated carbocycles. The van der Waals surface area contributed by atoms with E-state index >= 15 is 4.39 Å². The molecule has 2 aromatic heterocycles. The van der Waals surface area contributed by atoms with Crippen molar-refractivity contribution in [3.8, 4) is 22.8 Å². The first-order valence-electron chi connectivity index (χ1n) is 9.23. The molecule has 1 saturated heterocycles. The summed E-state index contributed by atoms with van der Waals surface area (Å²) in [6.07, 6.45) is 2.60. The molecule has 0 unspecified atom stereocenters. The average Bonchev–Trinajstić information content (AvgIpc) is 3.24. The lowest BCUT2D eigenvalue weighted by Crippen LogP contribution is -2.39. The number of nitrogens with two attached hydrogens (primary N) is 1. The van der Waals surface area contributed by atoms with E-state index in [0.717, 1.165) is 0 Å². The number of hydrogen-bond acceptors (Lipinski definition) is 7. The second-order valence-corrected chi connectivity index (χ2v) is 8.01. The number of anilines is 1. The molecule has 1 aliphatic rings. The van der Waals surface area contributed by atoms with Gasteiger partial charge in [-0.2, -0.15) is 5.10 Å². The van der Waals surface area contributed by atoms with Gasteiger partial charge in [-0.05, 0) is 20.8 Å². The molecule has 158 valence electrons. The predicted octanol–water partition coefficient (Wildman–Crippen LogP) is 2.79. The van der Waals surface area contributed by atoms with Crippen molar-refractivity contribution in [2.24, 2.45) is 0 Å². The molecule has 1 fully saturated rings. The fraction of sp³-hybridized carbons (Fsp3) is 0.526. The van der Waals surface area contributed by atoms with E-state index in [2.05, 4.69) is 15.2 Å². The van der Waals surface area contributed by atoms with Crippen LogP contribution in [0.4, 0.5) is 15.0 Å². The van der Waals surface area contributed by atoms with Gasteiger partial charge in [-0.25, -0.2) is 9.18 Å². The molecule has 1 aliphatic heterocycles. The van der Waals surface area contributed by atoms with Crippen molar-refractivity contribution < 1.29 is 23.4 Å². The number of aromatic nitrogens is 3. The Balaban J connectivity index is 1.73. The Hall–Kier alpha value is -3.04. The Morgan fingerprint density at radius 1 is 1.38 bits per heavy atom. The molecule has 0 aromatic carbocycles. The zero-order chi connectivity index (χ0) is 21.2. The molecule has 0 spiro atoms. The summed E-state index contributed by atoms with van der Waals surface area (Å²) >= 11 is 0. The summed E-state index contributed by atoms with van der Waals surface area (Å²) in [6, 6.07) is 1.62. The topological polar surface area (TPSA) is 116 Å². The highest BCUT2D eigenvalue weighted by Crippen LogP contribution is 2.38. The van der Waals surface area contributed by atoms with Gasteiger partial charge in [-0.1, -0.05) is 0 Å². The minimum absolute atomic E-state index is 0.106. The van der Waals surface area contributed by atoms with E-state index in [4.69, 9.17) is 19.9 Å². The number of ether oxygens (including phenoxy) is 3. The molecule has 3 N–H and O–H groups in total. The number of carbonyl (C=O) groups is 1. The summed E-state index contributed by atoms with van der Waals surface area (Å²) in [6.45, 7) is 5.21. The second-order valence-electron chi connectivity index (χ2n) is 8.01. The Bertz CT molecular complexity index is 882. The minimum Gasteiger partial charge on any atom is -0.494 e. The molecule has 10 heteroatoms. The molecule has 0 bridgehead atoms. The number of rotatable bonds is 5. The van der Waals surface area contributed by atoms with E-state index < -0.39 is 17.4 Å². The van der Waals surface area contributed by atoms with Gasteiger partial charge in [-0.3, -0.25) is 10.1 Å². The van der Waals surface area contributed by atoms with Crippen molar-refractivity contribution in [3.63, 3.8) is 0 Å². The van der Waals surface area contributed by atoms with Crippen LogP contribution in [0, 0.1) is 0 Å². The lowest BCUT2D eigenvalue weighted by Gasteiger charge is -2.25. The number of pyridine rings is 1. The number of nitrogens with zero attached hydrogens (tertiary/aromatic N) is 3. The fourth-order valence-corrected chi connectivity index (χ4v) is 3.06. The molecule has 0 aliphatic carbocycles. The van der Waals surface area contributed by atoms with Gasteiger partial charge < -0.3 is 24.8 Å². The minimum atomic E-state index is -1.70. The Morgan fingerprint density at radius 3 is 2.72 bits per heavy atom. The number of nitrogen functional groups attached to an aromatic ring is 1. The van der Waals surface area contributed by atoms with Crippen LogP contribution in [0.25, 0.3) is 11.3 Å². The van der Waals surface area contributed by atoms with Crippen LogP contribution >= 0.6 is 0 Å². The molecular weight excluding hydrogens is 381 g/mol. The Kier molecular flexibility index (Phi) is 5.54. The molecule has 2 aromatic rings. The van der Waals surface area contributed by atoms with Crippen molar-refractivity contribution in [2.75, 3.05) is 32.5 Å². The summed E-state index contributed by atoms with van der Waals surface area (Å²) in [5.41, 5.74) is 4.45. The smallest absolute Gasteiger partial charge is 0.410 e. The highest BCUT2D eigenvalue weighted by atomic mass is 19.1. The van der Waals surface area contributed by atoms with Gasteiger partial charge in [0.1, 0.15) is 23.8 Å². The van der Waals surface area contributed by atoms with Gasteiger partial charge in [0.25, 0.3) is 0 Å². The third-order valence-electron chi connectivity index (χ3n) is 4.41. The van der Waals surface area contributed by atoms with Crippen LogP contribution in [0.2, 0.25) is 0 Å². The normalized spacial score (nSPS) is 19.3. The fourth-order valence-electron chi connectivity index (χ4n) is 3.06. The largest absolute Gasteiger partial charge is 0.494 e. The summed E-state index contributed by atoms with van der Waals surface area (Å²) in [5, 5.41) is 6.70. The van der Waals surface area contributed by atoms with Crippen molar-refractivity contribution >= 4 is 11.9 Å². The second kappa shape index (κ2) is 7.76. The lowest BCUT2D eigenvalue weighted by molar-refractivity contribution is 0.0230. The van der Waals surface area contributed by atoms with Crippen LogP contribution in [0.1, 0.15) is 27.2 Å². The molecule has 1 atom stereocenters. The maximum atomic E-state index is 15.3. The van der Waals surface area contributed by atoms with Gasteiger partial charge in [0.15, 0.2) is 11.4 Å². The maximum Gasteiger partial charge on any atom is 0.410 e.